The first-order valence-electron chi connectivity index (χ1n) is 5.21. The molecule has 4 heteroatoms. The molecule has 1 N–H and O–H groups in total. The van der Waals surface area contributed by atoms with Crippen LogP contribution in [0, 0.1) is 0 Å². The highest BCUT2D eigenvalue weighted by atomic mass is 35.5. The van der Waals surface area contributed by atoms with Gasteiger partial charge in [0.15, 0.2) is 0 Å². The molecule has 0 bridgehead atoms. The van der Waals surface area contributed by atoms with Crippen molar-refractivity contribution in [2.24, 2.45) is 0 Å². The lowest BCUT2D eigenvalue weighted by Gasteiger charge is -2.11. The Morgan fingerprint density at radius 1 is 1.25 bits per heavy atom. The van der Waals surface area contributed by atoms with Gasteiger partial charge in [-0.1, -0.05) is 23.7 Å². The Morgan fingerprint density at radius 2 is 1.94 bits per heavy atom. The molecule has 1 rings (SSSR count). The highest BCUT2D eigenvalue weighted by molar-refractivity contribution is 6.30. The molecule has 90 valence electrons. The molecule has 0 fully saturated rings. The van der Waals surface area contributed by atoms with Crippen molar-refractivity contribution in [2.75, 3.05) is 26.9 Å². The lowest BCUT2D eigenvalue weighted by atomic mass is 10.1. The predicted octanol–water partition coefficient (Wildman–Crippen LogP) is 1.91. The molecule has 0 spiro atoms. The number of hydrogen-bond donors (Lipinski definition) is 1. The standard InChI is InChI=1S/C12H17ClO3/c1-15-6-7-16-9-12(14)8-10-2-4-11(13)5-3-10/h2-5,12,14H,6-9H2,1H3. The van der Waals surface area contributed by atoms with Crippen molar-refractivity contribution in [3.63, 3.8) is 0 Å². The minimum atomic E-state index is -0.488. The topological polar surface area (TPSA) is 38.7 Å². The third-order valence-corrected chi connectivity index (χ3v) is 2.38. The van der Waals surface area contributed by atoms with E-state index in [0.717, 1.165) is 5.56 Å². The van der Waals surface area contributed by atoms with Gasteiger partial charge in [0, 0.05) is 18.6 Å². The van der Waals surface area contributed by atoms with Gasteiger partial charge in [0.2, 0.25) is 0 Å². The van der Waals surface area contributed by atoms with Crippen LogP contribution in [0.3, 0.4) is 0 Å². The third-order valence-electron chi connectivity index (χ3n) is 2.13. The Morgan fingerprint density at radius 3 is 2.56 bits per heavy atom. The summed E-state index contributed by atoms with van der Waals surface area (Å²) in [5.41, 5.74) is 1.05. The second-order valence-corrected chi connectivity index (χ2v) is 3.99. The van der Waals surface area contributed by atoms with Gasteiger partial charge in [0.25, 0.3) is 0 Å². The zero-order chi connectivity index (χ0) is 11.8. The molecule has 0 aliphatic carbocycles. The molecule has 1 aromatic carbocycles. The SMILES string of the molecule is COCCOCC(O)Cc1ccc(Cl)cc1. The summed E-state index contributed by atoms with van der Waals surface area (Å²) < 4.78 is 10.1. The van der Waals surface area contributed by atoms with Gasteiger partial charge < -0.3 is 14.6 Å². The van der Waals surface area contributed by atoms with Crippen LogP contribution in [-0.2, 0) is 15.9 Å². The van der Waals surface area contributed by atoms with E-state index in [1.807, 2.05) is 24.3 Å². The average molecular weight is 245 g/mol. The molecule has 0 amide bonds. The number of methoxy groups -OCH3 is 1. The molecule has 0 aliphatic heterocycles. The maximum atomic E-state index is 9.67. The molecule has 0 saturated carbocycles. The molecule has 1 atom stereocenters. The van der Waals surface area contributed by atoms with E-state index < -0.39 is 6.10 Å². The predicted molar refractivity (Wildman–Crippen MR) is 63.9 cm³/mol. The third kappa shape index (κ3) is 5.47. The Bertz CT molecular complexity index is 287. The monoisotopic (exact) mass is 244 g/mol. The fourth-order valence-corrected chi connectivity index (χ4v) is 1.44. The summed E-state index contributed by atoms with van der Waals surface area (Å²) in [5.74, 6) is 0. The summed E-state index contributed by atoms with van der Waals surface area (Å²) in [6.07, 6.45) is 0.0856. The highest BCUT2D eigenvalue weighted by Gasteiger charge is 2.05. The van der Waals surface area contributed by atoms with E-state index >= 15 is 0 Å². The molecule has 16 heavy (non-hydrogen) atoms. The van der Waals surface area contributed by atoms with Gasteiger partial charge in [-0.15, -0.1) is 0 Å². The maximum Gasteiger partial charge on any atom is 0.0813 e. The number of benzene rings is 1. The normalized spacial score (nSPS) is 12.7. The Balaban J connectivity index is 2.23. The van der Waals surface area contributed by atoms with Gasteiger partial charge >= 0.3 is 0 Å². The highest BCUT2D eigenvalue weighted by Crippen LogP contribution is 2.11. The number of halogens is 1. The van der Waals surface area contributed by atoms with Gasteiger partial charge in [0.1, 0.15) is 0 Å². The summed E-state index contributed by atoms with van der Waals surface area (Å²) in [7, 11) is 1.62. The fraction of sp³-hybridized carbons (Fsp3) is 0.500. The van der Waals surface area contributed by atoms with E-state index in [2.05, 4.69) is 0 Å². The molecular weight excluding hydrogens is 228 g/mol. The smallest absolute Gasteiger partial charge is 0.0813 e. The van der Waals surface area contributed by atoms with Crippen LogP contribution < -0.4 is 0 Å². The van der Waals surface area contributed by atoms with Crippen LogP contribution in [-0.4, -0.2) is 38.1 Å². The summed E-state index contributed by atoms with van der Waals surface area (Å²) in [6.45, 7) is 1.38. The first-order chi connectivity index (χ1) is 7.72. The number of ether oxygens (including phenoxy) is 2. The number of rotatable bonds is 7. The van der Waals surface area contributed by atoms with Crippen molar-refractivity contribution in [1.29, 1.82) is 0 Å². The maximum absolute atomic E-state index is 9.67. The summed E-state index contributed by atoms with van der Waals surface area (Å²) in [5, 5.41) is 10.4. The second-order valence-electron chi connectivity index (χ2n) is 3.55. The largest absolute Gasteiger partial charge is 0.390 e. The Kier molecular flexibility index (Phi) is 6.42. The molecule has 1 aromatic rings. The van der Waals surface area contributed by atoms with Crippen LogP contribution in [0.5, 0.6) is 0 Å². The lowest BCUT2D eigenvalue weighted by molar-refractivity contribution is 0.0137. The minimum absolute atomic E-state index is 0.325. The Labute approximate surface area is 101 Å². The van der Waals surface area contributed by atoms with E-state index in [4.69, 9.17) is 21.1 Å². The van der Waals surface area contributed by atoms with Crippen LogP contribution in [0.2, 0.25) is 5.02 Å². The van der Waals surface area contributed by atoms with Crippen molar-refractivity contribution in [3.05, 3.63) is 34.9 Å². The van der Waals surface area contributed by atoms with Crippen LogP contribution >= 0.6 is 11.6 Å². The van der Waals surface area contributed by atoms with Gasteiger partial charge in [-0.05, 0) is 17.7 Å². The Hall–Kier alpha value is -0.610. The molecule has 0 aliphatic rings. The van der Waals surface area contributed by atoms with Crippen molar-refractivity contribution in [3.8, 4) is 0 Å². The lowest BCUT2D eigenvalue weighted by Crippen LogP contribution is -2.19. The molecular formula is C12H17ClO3. The van der Waals surface area contributed by atoms with Crippen molar-refractivity contribution in [1.82, 2.24) is 0 Å². The second kappa shape index (κ2) is 7.63. The molecule has 0 radical (unpaired) electrons. The molecule has 0 aromatic heterocycles. The van der Waals surface area contributed by atoms with Gasteiger partial charge in [-0.25, -0.2) is 0 Å². The van der Waals surface area contributed by atoms with Crippen molar-refractivity contribution in [2.45, 2.75) is 12.5 Å². The fourth-order valence-electron chi connectivity index (χ4n) is 1.31. The molecule has 0 saturated heterocycles. The quantitative estimate of drug-likeness (QED) is 0.745. The molecule has 1 unspecified atom stereocenters. The number of aliphatic hydroxyl groups is 1. The number of aliphatic hydroxyl groups excluding tert-OH is 1. The van der Waals surface area contributed by atoms with Crippen LogP contribution in [0.1, 0.15) is 5.56 Å². The van der Waals surface area contributed by atoms with Crippen LogP contribution in [0.4, 0.5) is 0 Å². The average Bonchev–Trinajstić information content (AvgIpc) is 2.28. The van der Waals surface area contributed by atoms with E-state index in [0.29, 0.717) is 31.3 Å². The summed E-state index contributed by atoms with van der Waals surface area (Å²) >= 11 is 5.77. The first-order valence-corrected chi connectivity index (χ1v) is 5.59. The van der Waals surface area contributed by atoms with Crippen LogP contribution in [0.25, 0.3) is 0 Å². The summed E-state index contributed by atoms with van der Waals surface area (Å²) in [4.78, 5) is 0. The van der Waals surface area contributed by atoms with Crippen molar-refractivity contribution < 1.29 is 14.6 Å². The van der Waals surface area contributed by atoms with E-state index in [1.54, 1.807) is 7.11 Å². The van der Waals surface area contributed by atoms with Crippen molar-refractivity contribution >= 4 is 11.6 Å². The first kappa shape index (κ1) is 13.5. The van der Waals surface area contributed by atoms with E-state index in [-0.39, 0.29) is 0 Å². The van der Waals surface area contributed by atoms with Crippen LogP contribution in [0.15, 0.2) is 24.3 Å². The zero-order valence-corrected chi connectivity index (χ0v) is 10.1. The summed E-state index contributed by atoms with van der Waals surface area (Å²) in [6, 6.07) is 7.44. The van der Waals surface area contributed by atoms with Gasteiger partial charge in [-0.3, -0.25) is 0 Å². The van der Waals surface area contributed by atoms with Gasteiger partial charge in [-0.2, -0.15) is 0 Å². The number of hydrogen-bond acceptors (Lipinski definition) is 3. The minimum Gasteiger partial charge on any atom is -0.390 e. The van der Waals surface area contributed by atoms with E-state index in [9.17, 15) is 5.11 Å². The molecule has 0 heterocycles. The zero-order valence-electron chi connectivity index (χ0n) is 9.36. The van der Waals surface area contributed by atoms with Gasteiger partial charge in [0.05, 0.1) is 25.9 Å². The van der Waals surface area contributed by atoms with E-state index in [1.165, 1.54) is 0 Å². The molecule has 3 nitrogen and oxygen atoms in total.